The maximum absolute atomic E-state index is 10.9. The van der Waals surface area contributed by atoms with Crippen molar-refractivity contribution in [2.75, 3.05) is 7.11 Å². The molecule has 0 fully saturated rings. The Morgan fingerprint density at radius 1 is 1.30 bits per heavy atom. The number of rotatable bonds is 5. The van der Waals surface area contributed by atoms with Crippen LogP contribution in [0.5, 0.6) is 11.5 Å². The second-order valence-corrected chi connectivity index (χ2v) is 4.23. The number of hydrogen-bond acceptors (Lipinski definition) is 4. The van der Waals surface area contributed by atoms with Gasteiger partial charge in [-0.15, -0.1) is 0 Å². The fourth-order valence-corrected chi connectivity index (χ4v) is 1.74. The zero-order valence-electron chi connectivity index (χ0n) is 11.3. The van der Waals surface area contributed by atoms with Gasteiger partial charge in [-0.05, 0) is 36.8 Å². The summed E-state index contributed by atoms with van der Waals surface area (Å²) in [6, 6.07) is 8.31. The van der Waals surface area contributed by atoms with E-state index in [0.29, 0.717) is 18.1 Å². The predicted molar refractivity (Wildman–Crippen MR) is 73.3 cm³/mol. The number of aromatic carboxylic acids is 1. The molecule has 0 aliphatic rings. The molecular formula is C15H15NO4. The van der Waals surface area contributed by atoms with Gasteiger partial charge in [0, 0.05) is 6.20 Å². The molecule has 0 saturated carbocycles. The van der Waals surface area contributed by atoms with Gasteiger partial charge in [-0.1, -0.05) is 6.07 Å². The molecule has 104 valence electrons. The van der Waals surface area contributed by atoms with Crippen molar-refractivity contribution in [3.8, 4) is 11.5 Å². The summed E-state index contributed by atoms with van der Waals surface area (Å²) >= 11 is 0. The normalized spacial score (nSPS) is 10.1. The number of carboxylic acids is 1. The predicted octanol–water partition coefficient (Wildman–Crippen LogP) is 2.68. The summed E-state index contributed by atoms with van der Waals surface area (Å²) in [7, 11) is 1.47. The first-order chi connectivity index (χ1) is 9.61. The third-order valence-electron chi connectivity index (χ3n) is 2.89. The molecule has 2 rings (SSSR count). The summed E-state index contributed by atoms with van der Waals surface area (Å²) in [6.07, 6.45) is 1.70. The molecule has 5 heteroatoms. The van der Waals surface area contributed by atoms with Crippen molar-refractivity contribution in [1.82, 2.24) is 4.98 Å². The Hall–Kier alpha value is -2.56. The van der Waals surface area contributed by atoms with Crippen molar-refractivity contribution >= 4 is 5.97 Å². The minimum absolute atomic E-state index is 0.156. The van der Waals surface area contributed by atoms with E-state index in [4.69, 9.17) is 14.6 Å². The number of hydrogen-bond donors (Lipinski definition) is 1. The molecule has 1 aromatic carbocycles. The van der Waals surface area contributed by atoms with E-state index < -0.39 is 5.97 Å². The van der Waals surface area contributed by atoms with E-state index in [0.717, 1.165) is 11.3 Å². The molecule has 0 unspecified atom stereocenters. The molecule has 0 spiro atoms. The molecule has 2 aromatic rings. The maximum atomic E-state index is 10.9. The third-order valence-corrected chi connectivity index (χ3v) is 2.89. The topological polar surface area (TPSA) is 68.7 Å². The lowest BCUT2D eigenvalue weighted by Gasteiger charge is -2.11. The monoisotopic (exact) mass is 273 g/mol. The summed E-state index contributed by atoms with van der Waals surface area (Å²) in [5.41, 5.74) is 2.02. The zero-order chi connectivity index (χ0) is 14.5. The lowest BCUT2D eigenvalue weighted by Crippen LogP contribution is -2.03. The van der Waals surface area contributed by atoms with Gasteiger partial charge in [-0.2, -0.15) is 0 Å². The minimum atomic E-state index is -1.00. The summed E-state index contributed by atoms with van der Waals surface area (Å²) in [5, 5.41) is 8.93. The highest BCUT2D eigenvalue weighted by molar-refractivity contribution is 5.88. The van der Waals surface area contributed by atoms with Crippen LogP contribution in [0.4, 0.5) is 0 Å². The molecule has 0 bridgehead atoms. The van der Waals surface area contributed by atoms with E-state index in [-0.39, 0.29) is 5.56 Å². The quantitative estimate of drug-likeness (QED) is 0.907. The first-order valence-electron chi connectivity index (χ1n) is 6.06. The number of carbonyl (C=O) groups is 1. The Labute approximate surface area is 116 Å². The van der Waals surface area contributed by atoms with Crippen LogP contribution in [0.25, 0.3) is 0 Å². The van der Waals surface area contributed by atoms with Crippen molar-refractivity contribution in [3.05, 3.63) is 53.3 Å². The standard InChI is InChI=1S/C15H15NO4/c1-10-4-3-7-16-12(10)9-20-13-6-5-11(15(17)18)8-14(13)19-2/h3-8H,9H2,1-2H3,(H,17,18). The second kappa shape index (κ2) is 6.06. The number of methoxy groups -OCH3 is 1. The molecule has 0 amide bonds. The van der Waals surface area contributed by atoms with Crippen LogP contribution in [0.3, 0.4) is 0 Å². The summed E-state index contributed by atoms with van der Waals surface area (Å²) in [5.74, 6) is -0.128. The van der Waals surface area contributed by atoms with Crippen LogP contribution < -0.4 is 9.47 Å². The van der Waals surface area contributed by atoms with Crippen LogP contribution in [-0.2, 0) is 6.61 Å². The number of pyridine rings is 1. The molecule has 0 aliphatic carbocycles. The second-order valence-electron chi connectivity index (χ2n) is 4.23. The zero-order valence-corrected chi connectivity index (χ0v) is 11.3. The Morgan fingerprint density at radius 3 is 2.75 bits per heavy atom. The number of aromatic nitrogens is 1. The summed E-state index contributed by atoms with van der Waals surface area (Å²) in [4.78, 5) is 15.1. The largest absolute Gasteiger partial charge is 0.493 e. The first-order valence-corrected chi connectivity index (χ1v) is 6.06. The van der Waals surface area contributed by atoms with E-state index in [2.05, 4.69) is 4.98 Å². The van der Waals surface area contributed by atoms with Crippen molar-refractivity contribution in [2.45, 2.75) is 13.5 Å². The third kappa shape index (κ3) is 3.06. The van der Waals surface area contributed by atoms with Gasteiger partial charge in [0.05, 0.1) is 18.4 Å². The number of ether oxygens (including phenoxy) is 2. The Kier molecular flexibility index (Phi) is 4.20. The van der Waals surface area contributed by atoms with Gasteiger partial charge in [0.1, 0.15) is 6.61 Å². The highest BCUT2D eigenvalue weighted by Crippen LogP contribution is 2.28. The van der Waals surface area contributed by atoms with Crippen LogP contribution in [0, 0.1) is 6.92 Å². The number of nitrogens with zero attached hydrogens (tertiary/aromatic N) is 1. The fraction of sp³-hybridized carbons (Fsp3) is 0.200. The number of carboxylic acid groups (broad SMARTS) is 1. The van der Waals surface area contributed by atoms with Gasteiger partial charge >= 0.3 is 5.97 Å². The van der Waals surface area contributed by atoms with E-state index in [1.807, 2.05) is 19.1 Å². The minimum Gasteiger partial charge on any atom is -0.493 e. The Morgan fingerprint density at radius 2 is 2.10 bits per heavy atom. The lowest BCUT2D eigenvalue weighted by molar-refractivity contribution is 0.0696. The van der Waals surface area contributed by atoms with Gasteiger partial charge in [0.15, 0.2) is 11.5 Å². The molecule has 0 radical (unpaired) electrons. The highest BCUT2D eigenvalue weighted by atomic mass is 16.5. The summed E-state index contributed by atoms with van der Waals surface area (Å²) < 4.78 is 10.8. The number of aryl methyl sites for hydroxylation is 1. The van der Waals surface area contributed by atoms with E-state index in [1.54, 1.807) is 12.3 Å². The molecule has 1 N–H and O–H groups in total. The van der Waals surface area contributed by atoms with Crippen molar-refractivity contribution < 1.29 is 19.4 Å². The van der Waals surface area contributed by atoms with Gasteiger partial charge < -0.3 is 14.6 Å². The van der Waals surface area contributed by atoms with Crippen LogP contribution in [0.2, 0.25) is 0 Å². The fourth-order valence-electron chi connectivity index (χ4n) is 1.74. The molecule has 5 nitrogen and oxygen atoms in total. The molecule has 0 saturated heterocycles. The molecule has 1 heterocycles. The van der Waals surface area contributed by atoms with Gasteiger partial charge in [-0.3, -0.25) is 4.98 Å². The number of benzene rings is 1. The SMILES string of the molecule is COc1cc(C(=O)O)ccc1OCc1ncccc1C. The molecular weight excluding hydrogens is 258 g/mol. The van der Waals surface area contributed by atoms with Crippen LogP contribution >= 0.6 is 0 Å². The van der Waals surface area contributed by atoms with Crippen LogP contribution in [0.15, 0.2) is 36.5 Å². The smallest absolute Gasteiger partial charge is 0.335 e. The summed E-state index contributed by atoms with van der Waals surface area (Å²) in [6.45, 7) is 2.26. The average molecular weight is 273 g/mol. The molecule has 20 heavy (non-hydrogen) atoms. The van der Waals surface area contributed by atoms with E-state index in [9.17, 15) is 4.79 Å². The van der Waals surface area contributed by atoms with Gasteiger partial charge in [0.25, 0.3) is 0 Å². The Balaban J connectivity index is 2.17. The van der Waals surface area contributed by atoms with Crippen LogP contribution in [0.1, 0.15) is 21.6 Å². The first kappa shape index (κ1) is 13.9. The van der Waals surface area contributed by atoms with Gasteiger partial charge in [-0.25, -0.2) is 4.79 Å². The van der Waals surface area contributed by atoms with Crippen molar-refractivity contribution in [1.29, 1.82) is 0 Å². The molecule has 0 aliphatic heterocycles. The molecule has 1 aromatic heterocycles. The molecule has 0 atom stereocenters. The van der Waals surface area contributed by atoms with E-state index >= 15 is 0 Å². The average Bonchev–Trinajstić information content (AvgIpc) is 2.46. The van der Waals surface area contributed by atoms with Crippen molar-refractivity contribution in [2.24, 2.45) is 0 Å². The van der Waals surface area contributed by atoms with Gasteiger partial charge in [0.2, 0.25) is 0 Å². The lowest BCUT2D eigenvalue weighted by atomic mass is 10.2. The Bertz CT molecular complexity index is 625. The highest BCUT2D eigenvalue weighted by Gasteiger charge is 2.10. The van der Waals surface area contributed by atoms with Crippen molar-refractivity contribution in [3.63, 3.8) is 0 Å². The van der Waals surface area contributed by atoms with Crippen LogP contribution in [-0.4, -0.2) is 23.2 Å². The maximum Gasteiger partial charge on any atom is 0.335 e. The van der Waals surface area contributed by atoms with E-state index in [1.165, 1.54) is 19.2 Å².